The highest BCUT2D eigenvalue weighted by Crippen LogP contribution is 2.17. The van der Waals surface area contributed by atoms with Crippen LogP contribution >= 0.6 is 0 Å². The molecule has 0 radical (unpaired) electrons. The number of hydrogen-bond donors (Lipinski definition) is 0. The second-order valence-corrected chi connectivity index (χ2v) is 17.0. The van der Waals surface area contributed by atoms with E-state index in [1.165, 1.54) is 167 Å². The lowest BCUT2D eigenvalue weighted by molar-refractivity contribution is -0.0691. The molecule has 1 rings (SSSR count). The molecule has 1 aromatic carbocycles. The molecule has 7 heteroatoms. The van der Waals surface area contributed by atoms with Crippen molar-refractivity contribution in [3.63, 3.8) is 0 Å². The first kappa shape index (κ1) is 49.0. The van der Waals surface area contributed by atoms with E-state index in [9.17, 15) is 8.42 Å². The van der Waals surface area contributed by atoms with Gasteiger partial charge in [-0.3, -0.25) is 4.18 Å². The predicted octanol–water partition coefficient (Wildman–Crippen LogP) is 13.5. The van der Waals surface area contributed by atoms with Crippen molar-refractivity contribution in [2.24, 2.45) is 0 Å². The molecule has 0 heterocycles. The minimum Gasteiger partial charge on any atom is -0.379 e. The summed E-state index contributed by atoms with van der Waals surface area (Å²) in [6, 6.07) is 6.70. The third kappa shape index (κ3) is 30.3. The van der Waals surface area contributed by atoms with Crippen molar-refractivity contribution < 1.29 is 26.8 Å². The maximum Gasteiger partial charge on any atom is 0.297 e. The molecule has 0 fully saturated rings. The minimum atomic E-state index is -3.84. The monoisotopic (exact) mass is 753 g/mol. The zero-order valence-electron chi connectivity index (χ0n) is 34.7. The molecule has 0 amide bonds. The summed E-state index contributed by atoms with van der Waals surface area (Å²) in [5, 5.41) is 0. The molecule has 0 N–H and O–H groups in total. The van der Waals surface area contributed by atoms with Gasteiger partial charge >= 0.3 is 0 Å². The molecule has 0 aliphatic rings. The number of hydrogen-bond acceptors (Lipinski definition) is 6. The Morgan fingerprint density at radius 1 is 0.481 bits per heavy atom. The van der Waals surface area contributed by atoms with E-state index in [1.807, 2.05) is 6.92 Å². The molecule has 306 valence electrons. The molecular formula is C45H84O6S. The summed E-state index contributed by atoms with van der Waals surface area (Å²) in [6.07, 6.45) is 36.8. The van der Waals surface area contributed by atoms with Gasteiger partial charge in [-0.2, -0.15) is 8.42 Å². The van der Waals surface area contributed by atoms with Gasteiger partial charge in [0, 0.05) is 13.2 Å². The first-order valence-corrected chi connectivity index (χ1v) is 23.6. The van der Waals surface area contributed by atoms with Crippen LogP contribution < -0.4 is 0 Å². The molecule has 0 aliphatic heterocycles. The second-order valence-electron chi connectivity index (χ2n) is 15.5. The van der Waals surface area contributed by atoms with Crippen LogP contribution in [0, 0.1) is 6.92 Å². The zero-order chi connectivity index (χ0) is 37.8. The molecule has 52 heavy (non-hydrogen) atoms. The first-order valence-electron chi connectivity index (χ1n) is 22.2. The van der Waals surface area contributed by atoms with Crippen molar-refractivity contribution >= 4 is 10.1 Å². The highest BCUT2D eigenvalue weighted by molar-refractivity contribution is 7.86. The molecule has 0 aliphatic carbocycles. The Kier molecular flexibility index (Phi) is 33.7. The number of aryl methyl sites for hydroxylation is 1. The van der Waals surface area contributed by atoms with Crippen LogP contribution in [-0.4, -0.2) is 53.7 Å². The summed E-state index contributed by atoms with van der Waals surface area (Å²) < 4.78 is 48.9. The van der Waals surface area contributed by atoms with Crippen LogP contribution in [0.25, 0.3) is 0 Å². The fraction of sp³-hybridized carbons (Fsp3) is 0.867. The summed E-state index contributed by atoms with van der Waals surface area (Å²) in [7, 11) is -3.84. The number of ether oxygens (including phenoxy) is 3. The molecule has 2 atom stereocenters. The average molecular weight is 753 g/mol. The zero-order valence-corrected chi connectivity index (χ0v) is 35.5. The standard InChI is InChI=1S/C45H84O6S/c1-5-7-9-11-13-15-17-19-21-23-25-27-29-31-37-48-40-44(41-49-39-43(4)51-52(46,47)45-35-33-42(3)34-36-45)50-38-32-30-28-26-24-22-20-18-16-14-12-10-8-6-2/h33-36,43-44H,5-32,37-41H2,1-4H3. The Labute approximate surface area is 323 Å². The second kappa shape index (κ2) is 35.7. The largest absolute Gasteiger partial charge is 0.379 e. The van der Waals surface area contributed by atoms with Crippen LogP contribution in [0.1, 0.15) is 206 Å². The Morgan fingerprint density at radius 3 is 1.27 bits per heavy atom. The fourth-order valence-electron chi connectivity index (χ4n) is 6.67. The van der Waals surface area contributed by atoms with E-state index in [0.29, 0.717) is 19.8 Å². The van der Waals surface area contributed by atoms with Crippen molar-refractivity contribution in [2.45, 2.75) is 225 Å². The van der Waals surface area contributed by atoms with E-state index < -0.39 is 16.2 Å². The molecule has 0 saturated heterocycles. The van der Waals surface area contributed by atoms with Gasteiger partial charge in [0.2, 0.25) is 0 Å². The van der Waals surface area contributed by atoms with Crippen molar-refractivity contribution in [3.8, 4) is 0 Å². The normalized spacial score (nSPS) is 13.2. The van der Waals surface area contributed by atoms with Crippen LogP contribution in [0.4, 0.5) is 0 Å². The maximum atomic E-state index is 12.7. The highest BCUT2D eigenvalue weighted by Gasteiger charge is 2.20. The van der Waals surface area contributed by atoms with Gasteiger partial charge < -0.3 is 14.2 Å². The Hall–Kier alpha value is -0.990. The van der Waals surface area contributed by atoms with Gasteiger partial charge in [-0.05, 0) is 38.8 Å². The van der Waals surface area contributed by atoms with E-state index in [0.717, 1.165) is 25.0 Å². The Balaban J connectivity index is 2.24. The van der Waals surface area contributed by atoms with Gasteiger partial charge in [0.05, 0.1) is 30.8 Å². The van der Waals surface area contributed by atoms with Crippen LogP contribution in [0.15, 0.2) is 29.2 Å². The molecule has 6 nitrogen and oxygen atoms in total. The lowest BCUT2D eigenvalue weighted by Crippen LogP contribution is -2.29. The quantitative estimate of drug-likeness (QED) is 0.0491. The maximum absolute atomic E-state index is 12.7. The SMILES string of the molecule is CCCCCCCCCCCCCCCCOCC(COCC(C)OS(=O)(=O)c1ccc(C)cc1)OCCCCCCCCCCCCCCCC. The van der Waals surface area contributed by atoms with Gasteiger partial charge in [0.25, 0.3) is 10.1 Å². The van der Waals surface area contributed by atoms with Gasteiger partial charge in [0.15, 0.2) is 0 Å². The number of rotatable bonds is 40. The molecule has 2 unspecified atom stereocenters. The summed E-state index contributed by atoms with van der Waals surface area (Å²) in [5.74, 6) is 0. The first-order chi connectivity index (χ1) is 25.4. The molecule has 0 aromatic heterocycles. The van der Waals surface area contributed by atoms with Crippen molar-refractivity contribution in [3.05, 3.63) is 29.8 Å². The molecular weight excluding hydrogens is 669 g/mol. The third-order valence-corrected chi connectivity index (χ3v) is 11.5. The van der Waals surface area contributed by atoms with Crippen LogP contribution in [-0.2, 0) is 28.5 Å². The Bertz CT molecular complexity index is 982. The van der Waals surface area contributed by atoms with Crippen LogP contribution in [0.2, 0.25) is 0 Å². The molecule has 0 spiro atoms. The third-order valence-electron chi connectivity index (χ3n) is 10.1. The summed E-state index contributed by atoms with van der Waals surface area (Å²) in [4.78, 5) is 0.163. The van der Waals surface area contributed by atoms with Gasteiger partial charge in [-0.1, -0.05) is 198 Å². The van der Waals surface area contributed by atoms with Crippen LogP contribution in [0.3, 0.4) is 0 Å². The van der Waals surface area contributed by atoms with Crippen molar-refractivity contribution in [1.82, 2.24) is 0 Å². The highest BCUT2D eigenvalue weighted by atomic mass is 32.2. The number of benzene rings is 1. The van der Waals surface area contributed by atoms with Crippen molar-refractivity contribution in [1.29, 1.82) is 0 Å². The van der Waals surface area contributed by atoms with E-state index in [1.54, 1.807) is 31.2 Å². The predicted molar refractivity (Wildman–Crippen MR) is 221 cm³/mol. The lowest BCUT2D eigenvalue weighted by atomic mass is 10.0. The molecule has 0 saturated carbocycles. The van der Waals surface area contributed by atoms with Gasteiger partial charge in [-0.15, -0.1) is 0 Å². The van der Waals surface area contributed by atoms with E-state index in [-0.39, 0.29) is 17.6 Å². The summed E-state index contributed by atoms with van der Waals surface area (Å²) in [6.45, 7) is 10.7. The molecule has 0 bridgehead atoms. The number of unbranched alkanes of at least 4 members (excludes halogenated alkanes) is 26. The van der Waals surface area contributed by atoms with E-state index in [2.05, 4.69) is 13.8 Å². The van der Waals surface area contributed by atoms with E-state index in [4.69, 9.17) is 18.4 Å². The summed E-state index contributed by atoms with van der Waals surface area (Å²) in [5.41, 5.74) is 1.00. The fourth-order valence-corrected chi connectivity index (χ4v) is 7.74. The van der Waals surface area contributed by atoms with Gasteiger partial charge in [-0.25, -0.2) is 0 Å². The summed E-state index contributed by atoms with van der Waals surface area (Å²) >= 11 is 0. The van der Waals surface area contributed by atoms with E-state index >= 15 is 0 Å². The average Bonchev–Trinajstić information content (AvgIpc) is 3.12. The smallest absolute Gasteiger partial charge is 0.297 e. The molecule has 1 aromatic rings. The van der Waals surface area contributed by atoms with Crippen LogP contribution in [0.5, 0.6) is 0 Å². The topological polar surface area (TPSA) is 71.1 Å². The van der Waals surface area contributed by atoms with Crippen molar-refractivity contribution in [2.75, 3.05) is 33.0 Å². The Morgan fingerprint density at radius 2 is 0.846 bits per heavy atom. The van der Waals surface area contributed by atoms with Gasteiger partial charge in [0.1, 0.15) is 6.10 Å². The lowest BCUT2D eigenvalue weighted by Gasteiger charge is -2.20. The minimum absolute atomic E-state index is 0.163.